The molecule has 0 spiro atoms. The monoisotopic (exact) mass is 178 g/mol. The van der Waals surface area contributed by atoms with Crippen LogP contribution in [0.2, 0.25) is 0 Å². The highest BCUT2D eigenvalue weighted by molar-refractivity contribution is 5.05. The summed E-state index contributed by atoms with van der Waals surface area (Å²) in [7, 11) is 0. The Morgan fingerprint density at radius 2 is 2.15 bits per heavy atom. The minimum absolute atomic E-state index is 0.683. The van der Waals surface area contributed by atoms with Gasteiger partial charge >= 0.3 is 0 Å². The zero-order valence-electron chi connectivity index (χ0n) is 8.51. The number of H-pyrrole nitrogens is 1. The van der Waals surface area contributed by atoms with E-state index in [1.165, 1.54) is 37.2 Å². The van der Waals surface area contributed by atoms with Crippen LogP contribution in [0.3, 0.4) is 0 Å². The van der Waals surface area contributed by atoms with Crippen LogP contribution in [0.5, 0.6) is 0 Å². The van der Waals surface area contributed by atoms with Crippen LogP contribution in [0.25, 0.3) is 0 Å². The van der Waals surface area contributed by atoms with E-state index in [9.17, 15) is 0 Å². The zero-order chi connectivity index (χ0) is 9.26. The second-order valence-corrected chi connectivity index (χ2v) is 4.32. The maximum Gasteiger partial charge on any atom is 0.109 e. The summed E-state index contributed by atoms with van der Waals surface area (Å²) < 4.78 is 0. The number of nitrogens with zero attached hydrogens (tertiary/aromatic N) is 1. The molecule has 13 heavy (non-hydrogen) atoms. The van der Waals surface area contributed by atoms with Crippen molar-refractivity contribution in [1.82, 2.24) is 9.97 Å². The first-order valence-corrected chi connectivity index (χ1v) is 5.29. The van der Waals surface area contributed by atoms with Gasteiger partial charge in [-0.1, -0.05) is 26.2 Å². The lowest BCUT2D eigenvalue weighted by Crippen LogP contribution is -2.15. The summed E-state index contributed by atoms with van der Waals surface area (Å²) in [5.41, 5.74) is 1.19. The smallest absolute Gasteiger partial charge is 0.109 e. The summed E-state index contributed by atoms with van der Waals surface area (Å²) in [4.78, 5) is 7.80. The maximum absolute atomic E-state index is 4.43. The molecule has 1 saturated carbocycles. The topological polar surface area (TPSA) is 28.7 Å². The van der Waals surface area contributed by atoms with Crippen molar-refractivity contribution >= 4 is 0 Å². The van der Waals surface area contributed by atoms with Gasteiger partial charge < -0.3 is 4.98 Å². The molecule has 2 heteroatoms. The van der Waals surface area contributed by atoms with Gasteiger partial charge in [-0.3, -0.25) is 0 Å². The van der Waals surface area contributed by atoms with Gasteiger partial charge in [0.15, 0.2) is 0 Å². The Labute approximate surface area is 79.8 Å². The second kappa shape index (κ2) is 3.52. The maximum atomic E-state index is 4.43. The Balaban J connectivity index is 2.14. The number of aryl methyl sites for hydroxylation is 1. The van der Waals surface area contributed by atoms with E-state index < -0.39 is 0 Å². The molecule has 1 fully saturated rings. The molecule has 1 aromatic heterocycles. The first kappa shape index (κ1) is 8.79. The number of rotatable bonds is 1. The van der Waals surface area contributed by atoms with Crippen LogP contribution < -0.4 is 0 Å². The van der Waals surface area contributed by atoms with E-state index in [1.807, 2.05) is 6.20 Å². The molecule has 0 unspecified atom stereocenters. The van der Waals surface area contributed by atoms with Crippen molar-refractivity contribution in [2.45, 2.75) is 45.4 Å². The third kappa shape index (κ3) is 1.77. The molecule has 0 aromatic carbocycles. The van der Waals surface area contributed by atoms with E-state index >= 15 is 0 Å². The van der Waals surface area contributed by atoms with Crippen molar-refractivity contribution in [3.8, 4) is 0 Å². The Hall–Kier alpha value is -0.790. The van der Waals surface area contributed by atoms with Crippen molar-refractivity contribution in [2.75, 3.05) is 0 Å². The molecule has 2 rings (SSSR count). The van der Waals surface area contributed by atoms with Gasteiger partial charge in [0.25, 0.3) is 0 Å². The molecule has 0 saturated heterocycles. The quantitative estimate of drug-likeness (QED) is 0.703. The number of imidazole rings is 1. The minimum atomic E-state index is 0.683. The molecule has 0 bridgehead atoms. The van der Waals surface area contributed by atoms with Crippen LogP contribution in [0.1, 0.15) is 50.0 Å². The summed E-state index contributed by atoms with van der Waals surface area (Å²) >= 11 is 0. The van der Waals surface area contributed by atoms with Crippen LogP contribution in [-0.2, 0) is 0 Å². The van der Waals surface area contributed by atoms with Gasteiger partial charge in [-0.25, -0.2) is 4.98 Å². The molecule has 2 nitrogen and oxygen atoms in total. The number of aromatic amines is 1. The highest BCUT2D eigenvalue weighted by Crippen LogP contribution is 2.35. The Bertz CT molecular complexity index is 277. The number of hydrogen-bond donors (Lipinski definition) is 1. The lowest BCUT2D eigenvalue weighted by molar-refractivity contribution is 0.321. The molecule has 1 aliphatic rings. The van der Waals surface area contributed by atoms with Crippen molar-refractivity contribution in [3.63, 3.8) is 0 Å². The lowest BCUT2D eigenvalue weighted by atomic mass is 9.80. The van der Waals surface area contributed by atoms with Gasteiger partial charge in [0, 0.05) is 17.8 Å². The molecule has 0 radical (unpaired) electrons. The largest absolute Gasteiger partial charge is 0.346 e. The molecule has 0 aliphatic heterocycles. The fraction of sp³-hybridized carbons (Fsp3) is 0.727. The SMILES string of the molecule is Cc1cnc([C@H]2CCCC[C@@H]2C)[nH]1. The van der Waals surface area contributed by atoms with Crippen LogP contribution in [-0.4, -0.2) is 9.97 Å². The van der Waals surface area contributed by atoms with E-state index in [1.54, 1.807) is 0 Å². The van der Waals surface area contributed by atoms with Crippen LogP contribution >= 0.6 is 0 Å². The number of aromatic nitrogens is 2. The number of nitrogens with one attached hydrogen (secondary N) is 1. The average molecular weight is 178 g/mol. The van der Waals surface area contributed by atoms with E-state index in [4.69, 9.17) is 0 Å². The van der Waals surface area contributed by atoms with Crippen molar-refractivity contribution in [3.05, 3.63) is 17.7 Å². The Kier molecular flexibility index (Phi) is 2.38. The van der Waals surface area contributed by atoms with Crippen LogP contribution in [0, 0.1) is 12.8 Å². The average Bonchev–Trinajstić information content (AvgIpc) is 2.53. The van der Waals surface area contributed by atoms with Crippen LogP contribution in [0.15, 0.2) is 6.20 Å². The standard InChI is InChI=1S/C11H18N2/c1-8-5-3-4-6-10(8)11-12-7-9(2)13-11/h7-8,10H,3-6H2,1-2H3,(H,12,13)/t8-,10-/m0/s1. The summed E-state index contributed by atoms with van der Waals surface area (Å²) in [5, 5.41) is 0. The van der Waals surface area contributed by atoms with Gasteiger partial charge in [0.1, 0.15) is 5.82 Å². The Morgan fingerprint density at radius 3 is 2.77 bits per heavy atom. The third-order valence-electron chi connectivity index (χ3n) is 3.19. The molecular formula is C11H18N2. The summed E-state index contributed by atoms with van der Waals surface area (Å²) in [6.07, 6.45) is 7.39. The fourth-order valence-electron chi connectivity index (χ4n) is 2.34. The van der Waals surface area contributed by atoms with E-state index in [0.29, 0.717) is 5.92 Å². The summed E-state index contributed by atoms with van der Waals surface area (Å²) in [5.74, 6) is 2.70. The first-order chi connectivity index (χ1) is 6.27. The predicted octanol–water partition coefficient (Wildman–Crippen LogP) is 3.01. The van der Waals surface area contributed by atoms with Crippen molar-refractivity contribution < 1.29 is 0 Å². The second-order valence-electron chi connectivity index (χ2n) is 4.32. The molecular weight excluding hydrogens is 160 g/mol. The molecule has 1 heterocycles. The fourth-order valence-corrected chi connectivity index (χ4v) is 2.34. The molecule has 2 atom stereocenters. The van der Waals surface area contributed by atoms with E-state index in [0.717, 1.165) is 5.92 Å². The van der Waals surface area contributed by atoms with Gasteiger partial charge in [0.2, 0.25) is 0 Å². The van der Waals surface area contributed by atoms with E-state index in [-0.39, 0.29) is 0 Å². The first-order valence-electron chi connectivity index (χ1n) is 5.29. The van der Waals surface area contributed by atoms with Gasteiger partial charge in [-0.05, 0) is 19.3 Å². The normalized spacial score (nSPS) is 29.1. The third-order valence-corrected chi connectivity index (χ3v) is 3.19. The highest BCUT2D eigenvalue weighted by atomic mass is 14.9. The molecule has 1 N–H and O–H groups in total. The summed E-state index contributed by atoms with van der Waals surface area (Å²) in [6.45, 7) is 4.42. The summed E-state index contributed by atoms with van der Waals surface area (Å²) in [6, 6.07) is 0. The molecule has 1 aromatic rings. The molecule has 1 aliphatic carbocycles. The zero-order valence-corrected chi connectivity index (χ0v) is 8.51. The Morgan fingerprint density at radius 1 is 1.38 bits per heavy atom. The minimum Gasteiger partial charge on any atom is -0.346 e. The van der Waals surface area contributed by atoms with Gasteiger partial charge in [-0.15, -0.1) is 0 Å². The predicted molar refractivity (Wildman–Crippen MR) is 53.7 cm³/mol. The van der Waals surface area contributed by atoms with Crippen molar-refractivity contribution in [1.29, 1.82) is 0 Å². The highest BCUT2D eigenvalue weighted by Gasteiger charge is 2.24. The van der Waals surface area contributed by atoms with E-state index in [2.05, 4.69) is 23.8 Å². The van der Waals surface area contributed by atoms with Gasteiger partial charge in [-0.2, -0.15) is 0 Å². The lowest BCUT2D eigenvalue weighted by Gasteiger charge is -2.26. The van der Waals surface area contributed by atoms with Crippen molar-refractivity contribution in [2.24, 2.45) is 5.92 Å². The molecule has 0 amide bonds. The number of hydrogen-bond acceptors (Lipinski definition) is 1. The van der Waals surface area contributed by atoms with Gasteiger partial charge in [0.05, 0.1) is 0 Å². The van der Waals surface area contributed by atoms with Crippen LogP contribution in [0.4, 0.5) is 0 Å². The molecule has 72 valence electrons.